The number of carbonyl (C=O) groups is 1. The van der Waals surface area contributed by atoms with Crippen molar-refractivity contribution in [3.05, 3.63) is 47.8 Å². The average Bonchev–Trinajstić information content (AvgIpc) is 3.40. The zero-order valence-corrected chi connectivity index (χ0v) is 27.4. The van der Waals surface area contributed by atoms with Crippen molar-refractivity contribution in [1.82, 2.24) is 19.8 Å². The fourth-order valence-electron chi connectivity index (χ4n) is 6.46. The molecule has 2 aliphatic rings. The van der Waals surface area contributed by atoms with E-state index < -0.39 is 28.5 Å². The number of hydrogen-bond acceptors (Lipinski definition) is 8. The lowest BCUT2D eigenvalue weighted by Gasteiger charge is -2.43. The molecular weight excluding hydrogens is 635 g/mol. The van der Waals surface area contributed by atoms with Gasteiger partial charge in [-0.2, -0.15) is 13.2 Å². The Labute approximate surface area is 272 Å². The normalized spacial score (nSPS) is 22.4. The first-order valence-electron chi connectivity index (χ1n) is 15.6. The van der Waals surface area contributed by atoms with Gasteiger partial charge in [-0.05, 0) is 68.4 Å². The Bertz CT molecular complexity index is 1770. The highest BCUT2D eigenvalue weighted by Gasteiger charge is 2.34. The van der Waals surface area contributed by atoms with Gasteiger partial charge in [-0.25, -0.2) is 13.4 Å². The minimum Gasteiger partial charge on any atom is -0.495 e. The van der Waals surface area contributed by atoms with Crippen molar-refractivity contribution in [3.8, 4) is 17.6 Å². The minimum absolute atomic E-state index is 0.0565. The summed E-state index contributed by atoms with van der Waals surface area (Å²) in [5.41, 5.74) is 1.16. The quantitative estimate of drug-likeness (QED) is 0.304. The fraction of sp³-hybridized carbons (Fsp3) is 0.515. The molecule has 2 heterocycles. The van der Waals surface area contributed by atoms with Crippen molar-refractivity contribution < 1.29 is 36.2 Å². The third-order valence-corrected chi connectivity index (χ3v) is 10.1. The molecule has 0 unspecified atom stereocenters. The number of alkyl halides is 3. The van der Waals surface area contributed by atoms with Gasteiger partial charge in [-0.1, -0.05) is 18.8 Å². The number of amides is 1. The molecule has 1 aliphatic carbocycles. The van der Waals surface area contributed by atoms with Crippen LogP contribution in [0.3, 0.4) is 0 Å². The largest absolute Gasteiger partial charge is 0.495 e. The summed E-state index contributed by atoms with van der Waals surface area (Å²) in [6.07, 6.45) is 1.68. The van der Waals surface area contributed by atoms with E-state index in [0.717, 1.165) is 62.3 Å². The number of nitrogens with zero attached hydrogens (tertiary/aromatic N) is 3. The first-order valence-corrected chi connectivity index (χ1v) is 17.5. The number of aliphatic hydroxyl groups is 1. The maximum Gasteiger partial charge on any atom is 0.406 e. The van der Waals surface area contributed by atoms with Crippen LogP contribution in [0.25, 0.3) is 11.0 Å². The lowest BCUT2D eigenvalue weighted by Crippen LogP contribution is -2.53. The Morgan fingerprint density at radius 1 is 1.15 bits per heavy atom. The van der Waals surface area contributed by atoms with Gasteiger partial charge in [0.05, 0.1) is 47.7 Å². The predicted octanol–water partition coefficient (Wildman–Crippen LogP) is 4.22. The molecule has 0 spiro atoms. The van der Waals surface area contributed by atoms with Gasteiger partial charge in [-0.3, -0.25) is 9.69 Å². The molecule has 2 fully saturated rings. The lowest BCUT2D eigenvalue weighted by molar-refractivity contribution is -0.139. The molecule has 0 bridgehead atoms. The standard InChI is InChI=1S/C33H40F3N5O5S/c1-21-18-40(23-6-8-24(42)9-7-23)14-12-27(21)39-32(43)26-15-22(16-29-31(26)38-20-41(29)19-33(34,35)36)5-4-13-37-28-17-25(47(3,44)45)10-11-30(28)46-2/h10-11,15-17,20-21,23-24,27,37,42H,6-9,12-14,18-19H2,1-3H3,(H,39,43)/t21-,23?,24?,27-/m0/s1. The monoisotopic (exact) mass is 675 g/mol. The van der Waals surface area contributed by atoms with E-state index in [2.05, 4.69) is 39.3 Å². The number of nitrogens with one attached hydrogen (secondary N) is 2. The summed E-state index contributed by atoms with van der Waals surface area (Å²) in [6, 6.07) is 7.70. The number of aliphatic hydroxyl groups excluding tert-OH is 1. The number of carbonyl (C=O) groups excluding carboxylic acids is 1. The van der Waals surface area contributed by atoms with Gasteiger partial charge >= 0.3 is 6.18 Å². The van der Waals surface area contributed by atoms with Crippen LogP contribution in [0.5, 0.6) is 5.75 Å². The number of halogens is 3. The molecule has 1 aliphatic heterocycles. The maximum atomic E-state index is 13.7. The van der Waals surface area contributed by atoms with Gasteiger partial charge in [0.1, 0.15) is 17.8 Å². The zero-order valence-electron chi connectivity index (χ0n) is 26.6. The van der Waals surface area contributed by atoms with Crippen LogP contribution in [-0.4, -0.2) is 91.2 Å². The van der Waals surface area contributed by atoms with Crippen molar-refractivity contribution in [2.45, 2.75) is 74.8 Å². The zero-order chi connectivity index (χ0) is 33.9. The molecular formula is C33H40F3N5O5S. The molecule has 1 aromatic heterocycles. The van der Waals surface area contributed by atoms with Crippen LogP contribution in [0.4, 0.5) is 18.9 Å². The van der Waals surface area contributed by atoms with Crippen molar-refractivity contribution in [1.29, 1.82) is 0 Å². The summed E-state index contributed by atoms with van der Waals surface area (Å²) >= 11 is 0. The molecule has 0 radical (unpaired) electrons. The van der Waals surface area contributed by atoms with Crippen LogP contribution in [0, 0.1) is 17.8 Å². The number of sulfone groups is 1. The van der Waals surface area contributed by atoms with Gasteiger partial charge in [0.15, 0.2) is 9.84 Å². The minimum atomic E-state index is -4.50. The first kappa shape index (κ1) is 34.5. The predicted molar refractivity (Wildman–Crippen MR) is 172 cm³/mol. The van der Waals surface area contributed by atoms with E-state index in [0.29, 0.717) is 23.0 Å². The van der Waals surface area contributed by atoms with E-state index >= 15 is 0 Å². The molecule has 2 aromatic carbocycles. The number of aromatic nitrogens is 2. The molecule has 1 saturated carbocycles. The van der Waals surface area contributed by atoms with Crippen molar-refractivity contribution in [2.24, 2.45) is 5.92 Å². The number of likely N-dealkylation sites (tertiary alicyclic amines) is 1. The number of anilines is 1. The summed E-state index contributed by atoms with van der Waals surface area (Å²) < 4.78 is 70.4. The third-order valence-electron chi connectivity index (χ3n) is 8.95. The molecule has 254 valence electrons. The molecule has 3 N–H and O–H groups in total. The summed E-state index contributed by atoms with van der Waals surface area (Å²) in [6.45, 7) is 2.48. The number of fused-ring (bicyclic) bond motifs is 1. The lowest BCUT2D eigenvalue weighted by atomic mass is 9.87. The van der Waals surface area contributed by atoms with Crippen LogP contribution in [-0.2, 0) is 16.4 Å². The van der Waals surface area contributed by atoms with Crippen LogP contribution in [0.2, 0.25) is 0 Å². The van der Waals surface area contributed by atoms with E-state index in [1.807, 2.05) is 0 Å². The second kappa shape index (κ2) is 14.1. The summed E-state index contributed by atoms with van der Waals surface area (Å²) in [5, 5.41) is 16.0. The van der Waals surface area contributed by atoms with E-state index in [1.54, 1.807) is 0 Å². The maximum absolute atomic E-state index is 13.7. The molecule has 10 nitrogen and oxygen atoms in total. The number of methoxy groups -OCH3 is 1. The van der Waals surface area contributed by atoms with Crippen molar-refractivity contribution >= 4 is 32.5 Å². The van der Waals surface area contributed by atoms with E-state index in [1.165, 1.54) is 37.4 Å². The van der Waals surface area contributed by atoms with Crippen molar-refractivity contribution in [2.75, 3.05) is 38.3 Å². The van der Waals surface area contributed by atoms with Gasteiger partial charge in [0.25, 0.3) is 5.91 Å². The Morgan fingerprint density at radius 3 is 2.55 bits per heavy atom. The Morgan fingerprint density at radius 2 is 1.89 bits per heavy atom. The highest BCUT2D eigenvalue weighted by atomic mass is 32.2. The number of imidazole rings is 1. The van der Waals surface area contributed by atoms with Gasteiger partial charge in [0, 0.05) is 37.0 Å². The third kappa shape index (κ3) is 8.57. The SMILES string of the molecule is COc1ccc(S(C)(=O)=O)cc1NCC#Cc1cc(C(=O)N[C@H]2CCN(C3CCC(O)CC3)C[C@@H]2C)c2ncn(CC(F)(F)F)c2c1. The van der Waals surface area contributed by atoms with E-state index in [4.69, 9.17) is 4.74 Å². The van der Waals surface area contributed by atoms with E-state index in [-0.39, 0.29) is 46.1 Å². The molecule has 1 amide bonds. The molecule has 1 saturated heterocycles. The molecule has 3 aromatic rings. The summed E-state index contributed by atoms with van der Waals surface area (Å²) in [5.74, 6) is 5.96. The Kier molecular flexibility index (Phi) is 10.4. The Balaban J connectivity index is 1.35. The summed E-state index contributed by atoms with van der Waals surface area (Å²) in [4.78, 5) is 20.4. The summed E-state index contributed by atoms with van der Waals surface area (Å²) in [7, 11) is -2.01. The van der Waals surface area contributed by atoms with Crippen LogP contribution < -0.4 is 15.4 Å². The van der Waals surface area contributed by atoms with E-state index in [9.17, 15) is 31.5 Å². The van der Waals surface area contributed by atoms with Gasteiger partial charge < -0.3 is 25.0 Å². The molecule has 2 atom stereocenters. The van der Waals surface area contributed by atoms with Gasteiger partial charge in [-0.15, -0.1) is 0 Å². The number of piperidine rings is 1. The second-order valence-electron chi connectivity index (χ2n) is 12.5. The molecule has 5 rings (SSSR count). The average molecular weight is 676 g/mol. The topological polar surface area (TPSA) is 126 Å². The highest BCUT2D eigenvalue weighted by molar-refractivity contribution is 7.90. The van der Waals surface area contributed by atoms with Crippen LogP contribution in [0.15, 0.2) is 41.6 Å². The smallest absolute Gasteiger partial charge is 0.406 e. The number of benzene rings is 2. The number of hydrogen-bond donors (Lipinski definition) is 3. The number of rotatable bonds is 8. The highest BCUT2D eigenvalue weighted by Crippen LogP contribution is 2.30. The Hall–Kier alpha value is -3.80. The fourth-order valence-corrected chi connectivity index (χ4v) is 7.11. The van der Waals surface area contributed by atoms with Crippen LogP contribution >= 0.6 is 0 Å². The van der Waals surface area contributed by atoms with Crippen LogP contribution in [0.1, 0.15) is 54.9 Å². The first-order chi connectivity index (χ1) is 22.2. The molecule has 14 heteroatoms. The number of ether oxygens (including phenoxy) is 1. The molecule has 47 heavy (non-hydrogen) atoms. The second-order valence-corrected chi connectivity index (χ2v) is 14.5. The van der Waals surface area contributed by atoms with Crippen molar-refractivity contribution in [3.63, 3.8) is 0 Å². The van der Waals surface area contributed by atoms with Gasteiger partial charge in [0.2, 0.25) is 0 Å².